The molecule has 11 heavy (non-hydrogen) atoms. The number of thioether (sulfide) groups is 1. The van der Waals surface area contributed by atoms with Gasteiger partial charge in [0.2, 0.25) is 0 Å². The minimum Gasteiger partial charge on any atom is -0.260 e. The topological polar surface area (TPSA) is 17.1 Å². The van der Waals surface area contributed by atoms with Crippen LogP contribution < -0.4 is 0 Å². The van der Waals surface area contributed by atoms with Gasteiger partial charge in [0.25, 0.3) is 0 Å². The quantitative estimate of drug-likeness (QED) is 0.578. The Morgan fingerprint density at radius 1 is 1.18 bits per heavy atom. The fraction of sp³-hybridized carbons (Fsp3) is 1.00. The monoisotopic (exact) mass is 194 g/mol. The predicted octanol–water partition coefficient (Wildman–Crippen LogP) is 2.29. The van der Waals surface area contributed by atoms with Crippen LogP contribution in [0.3, 0.4) is 0 Å². The van der Waals surface area contributed by atoms with E-state index in [1.807, 2.05) is 11.8 Å². The normalized spacial score (nSPS) is 13.3. The molecule has 0 aromatic rings. The summed E-state index contributed by atoms with van der Waals surface area (Å²) in [5.41, 5.74) is 0. The van der Waals surface area contributed by atoms with E-state index in [4.69, 9.17) is 0 Å². The van der Waals surface area contributed by atoms with Crippen LogP contribution in [0.25, 0.3) is 0 Å². The minimum atomic E-state index is -0.578. The maximum atomic E-state index is 10.6. The molecule has 68 valence electrons. The molecule has 0 aromatic heterocycles. The summed E-state index contributed by atoms with van der Waals surface area (Å²) >= 11 is 1.91. The van der Waals surface area contributed by atoms with Gasteiger partial charge in [-0.3, -0.25) is 4.21 Å². The van der Waals surface area contributed by atoms with E-state index in [0.29, 0.717) is 0 Å². The lowest BCUT2D eigenvalue weighted by Crippen LogP contribution is -1.93. The molecule has 0 bridgehead atoms. The number of hydrogen-bond acceptors (Lipinski definition) is 2. The molecule has 3 heteroatoms. The third-order valence-corrected chi connectivity index (χ3v) is 3.09. The zero-order valence-electron chi connectivity index (χ0n) is 7.47. The Hall–Kier alpha value is 0.500. The van der Waals surface area contributed by atoms with Crippen molar-refractivity contribution in [2.75, 3.05) is 24.0 Å². The van der Waals surface area contributed by atoms with Gasteiger partial charge >= 0.3 is 0 Å². The van der Waals surface area contributed by atoms with E-state index in [0.717, 1.165) is 12.2 Å². The summed E-state index contributed by atoms with van der Waals surface area (Å²) in [6.07, 6.45) is 8.93. The first-order chi connectivity index (χ1) is 5.27. The summed E-state index contributed by atoms with van der Waals surface area (Å²) in [5.74, 6) is 2.16. The number of rotatable bonds is 7. The molecule has 0 aliphatic heterocycles. The van der Waals surface area contributed by atoms with Crippen LogP contribution in [-0.4, -0.2) is 28.2 Å². The predicted molar refractivity (Wildman–Crippen MR) is 55.8 cm³/mol. The van der Waals surface area contributed by atoms with Crippen LogP contribution >= 0.6 is 11.8 Å². The summed E-state index contributed by atoms with van der Waals surface area (Å²) < 4.78 is 10.6. The summed E-state index contributed by atoms with van der Waals surface area (Å²) in [6, 6.07) is 0. The Kier molecular flexibility index (Phi) is 8.99. The second kappa shape index (κ2) is 8.60. The van der Waals surface area contributed by atoms with Crippen molar-refractivity contribution in [2.45, 2.75) is 25.7 Å². The average Bonchev–Trinajstić information content (AvgIpc) is 1.96. The molecule has 1 unspecified atom stereocenters. The van der Waals surface area contributed by atoms with E-state index in [-0.39, 0.29) is 0 Å². The third-order valence-electron chi connectivity index (χ3n) is 1.53. The van der Waals surface area contributed by atoms with Gasteiger partial charge < -0.3 is 0 Å². The second-order valence-corrected chi connectivity index (χ2v) is 5.22. The molecule has 0 saturated heterocycles. The van der Waals surface area contributed by atoms with Crippen LogP contribution in [0.4, 0.5) is 0 Å². The Morgan fingerprint density at radius 2 is 1.82 bits per heavy atom. The van der Waals surface area contributed by atoms with Crippen LogP contribution in [0.2, 0.25) is 0 Å². The van der Waals surface area contributed by atoms with Crippen LogP contribution in [-0.2, 0) is 10.8 Å². The highest BCUT2D eigenvalue weighted by atomic mass is 32.2. The van der Waals surface area contributed by atoms with Gasteiger partial charge in [0, 0.05) is 22.8 Å². The van der Waals surface area contributed by atoms with Crippen molar-refractivity contribution in [3.63, 3.8) is 0 Å². The van der Waals surface area contributed by atoms with Crippen molar-refractivity contribution in [2.24, 2.45) is 0 Å². The molecule has 0 saturated carbocycles. The van der Waals surface area contributed by atoms with Crippen LogP contribution in [0.5, 0.6) is 0 Å². The molecule has 0 amide bonds. The molecule has 0 fully saturated rings. The first-order valence-electron chi connectivity index (χ1n) is 4.06. The minimum absolute atomic E-state index is 0.578. The summed E-state index contributed by atoms with van der Waals surface area (Å²) in [5, 5.41) is 0. The molecule has 1 atom stereocenters. The standard InChI is InChI=1S/C8H18OS2/c1-10-7-5-3-4-6-8-11(2)9/h3-8H2,1-2H3. The summed E-state index contributed by atoms with van der Waals surface area (Å²) in [7, 11) is -0.578. The highest BCUT2D eigenvalue weighted by Gasteiger charge is 1.91. The van der Waals surface area contributed by atoms with Crippen molar-refractivity contribution >= 4 is 22.6 Å². The third kappa shape index (κ3) is 10.5. The fourth-order valence-electron chi connectivity index (χ4n) is 0.905. The molecule has 0 heterocycles. The molecule has 0 rings (SSSR count). The van der Waals surface area contributed by atoms with Gasteiger partial charge in [-0.1, -0.05) is 12.8 Å². The zero-order valence-corrected chi connectivity index (χ0v) is 9.10. The Balaban J connectivity index is 2.85. The number of unbranched alkanes of at least 4 members (excludes halogenated alkanes) is 3. The zero-order chi connectivity index (χ0) is 8.53. The highest BCUT2D eigenvalue weighted by molar-refractivity contribution is 7.98. The van der Waals surface area contributed by atoms with Crippen molar-refractivity contribution in [1.82, 2.24) is 0 Å². The van der Waals surface area contributed by atoms with Gasteiger partial charge in [-0.25, -0.2) is 0 Å². The highest BCUT2D eigenvalue weighted by Crippen LogP contribution is 2.04. The fourth-order valence-corrected chi connectivity index (χ4v) is 2.01. The Labute approximate surface area is 76.8 Å². The van der Waals surface area contributed by atoms with E-state index in [2.05, 4.69) is 6.26 Å². The molecule has 0 radical (unpaired) electrons. The molecule has 0 aliphatic rings. The van der Waals surface area contributed by atoms with E-state index in [1.165, 1.54) is 25.0 Å². The maximum Gasteiger partial charge on any atom is 0.0232 e. The Morgan fingerprint density at radius 3 is 2.36 bits per heavy atom. The van der Waals surface area contributed by atoms with Crippen molar-refractivity contribution in [3.05, 3.63) is 0 Å². The molecule has 0 aliphatic carbocycles. The van der Waals surface area contributed by atoms with E-state index < -0.39 is 10.8 Å². The van der Waals surface area contributed by atoms with Crippen LogP contribution in [0.1, 0.15) is 25.7 Å². The van der Waals surface area contributed by atoms with Crippen molar-refractivity contribution in [3.8, 4) is 0 Å². The smallest absolute Gasteiger partial charge is 0.0232 e. The van der Waals surface area contributed by atoms with Crippen LogP contribution in [0.15, 0.2) is 0 Å². The van der Waals surface area contributed by atoms with Crippen molar-refractivity contribution in [1.29, 1.82) is 0 Å². The largest absolute Gasteiger partial charge is 0.260 e. The van der Waals surface area contributed by atoms with E-state index in [9.17, 15) is 4.21 Å². The molecule has 0 N–H and O–H groups in total. The maximum absolute atomic E-state index is 10.6. The second-order valence-electron chi connectivity index (χ2n) is 2.68. The SMILES string of the molecule is CSCCCCCCS(C)=O. The first kappa shape index (κ1) is 11.5. The lowest BCUT2D eigenvalue weighted by atomic mass is 10.2. The number of hydrogen-bond donors (Lipinski definition) is 0. The van der Waals surface area contributed by atoms with E-state index >= 15 is 0 Å². The van der Waals surface area contributed by atoms with E-state index in [1.54, 1.807) is 6.26 Å². The van der Waals surface area contributed by atoms with Gasteiger partial charge in [0.05, 0.1) is 0 Å². The van der Waals surface area contributed by atoms with Crippen molar-refractivity contribution < 1.29 is 4.21 Å². The lowest BCUT2D eigenvalue weighted by molar-refractivity contribution is 0.672. The lowest BCUT2D eigenvalue weighted by Gasteiger charge is -1.97. The Bertz CT molecular complexity index is 104. The average molecular weight is 194 g/mol. The van der Waals surface area contributed by atoms with Gasteiger partial charge in [-0.15, -0.1) is 0 Å². The molecular weight excluding hydrogens is 176 g/mol. The molecule has 1 nitrogen and oxygen atoms in total. The first-order valence-corrected chi connectivity index (χ1v) is 7.18. The van der Waals surface area contributed by atoms with Crippen LogP contribution in [0, 0.1) is 0 Å². The van der Waals surface area contributed by atoms with Gasteiger partial charge in [0.15, 0.2) is 0 Å². The summed E-state index contributed by atoms with van der Waals surface area (Å²) in [6.45, 7) is 0. The molecule has 0 spiro atoms. The van der Waals surface area contributed by atoms with Gasteiger partial charge in [0.1, 0.15) is 0 Å². The molecule has 0 aromatic carbocycles. The van der Waals surface area contributed by atoms with Gasteiger partial charge in [-0.2, -0.15) is 11.8 Å². The molecular formula is C8H18OS2. The van der Waals surface area contributed by atoms with Gasteiger partial charge in [-0.05, 0) is 24.9 Å². The summed E-state index contributed by atoms with van der Waals surface area (Å²) in [4.78, 5) is 0.